The molecule has 1 aliphatic carbocycles. The quantitative estimate of drug-likeness (QED) is 0.649. The summed E-state index contributed by atoms with van der Waals surface area (Å²) in [5.41, 5.74) is 1.57. The van der Waals surface area contributed by atoms with Crippen molar-refractivity contribution in [2.75, 3.05) is 13.2 Å². The van der Waals surface area contributed by atoms with Gasteiger partial charge in [-0.05, 0) is 49.4 Å². The molecule has 4 atom stereocenters. The Labute approximate surface area is 210 Å². The summed E-state index contributed by atoms with van der Waals surface area (Å²) < 4.78 is 20.1. The van der Waals surface area contributed by atoms with Crippen LogP contribution in [0.4, 0.5) is 4.39 Å². The van der Waals surface area contributed by atoms with Crippen LogP contribution >= 0.6 is 11.6 Å². The number of nitrogens with one attached hydrogen (secondary N) is 1. The molecule has 1 aromatic carbocycles. The van der Waals surface area contributed by atoms with Gasteiger partial charge in [-0.1, -0.05) is 38.4 Å². The van der Waals surface area contributed by atoms with Crippen LogP contribution in [0.5, 0.6) is 0 Å². The predicted octanol–water partition coefficient (Wildman–Crippen LogP) is 4.67. The molecule has 0 bridgehead atoms. The summed E-state index contributed by atoms with van der Waals surface area (Å²) >= 11 is 5.95. The monoisotopic (exact) mass is 499 g/mol. The second kappa shape index (κ2) is 9.17. The number of ether oxygens (including phenoxy) is 1. The molecule has 8 heteroatoms. The van der Waals surface area contributed by atoms with Crippen molar-refractivity contribution >= 4 is 23.4 Å². The van der Waals surface area contributed by atoms with Gasteiger partial charge in [0.15, 0.2) is 0 Å². The molecule has 35 heavy (non-hydrogen) atoms. The number of nitrogens with zero attached hydrogens (tertiary/aromatic N) is 2. The Morgan fingerprint density at radius 3 is 2.57 bits per heavy atom. The highest BCUT2D eigenvalue weighted by molar-refractivity contribution is 6.30. The van der Waals surface area contributed by atoms with Gasteiger partial charge in [0.2, 0.25) is 5.91 Å². The summed E-state index contributed by atoms with van der Waals surface area (Å²) in [5, 5.41) is 3.37. The van der Waals surface area contributed by atoms with Crippen molar-refractivity contribution in [1.29, 1.82) is 0 Å². The van der Waals surface area contributed by atoms with E-state index in [9.17, 15) is 14.0 Å². The molecular formula is C27H31ClFN3O3. The normalized spacial score (nSPS) is 24.8. The summed E-state index contributed by atoms with van der Waals surface area (Å²) in [6.07, 6.45) is 4.18. The van der Waals surface area contributed by atoms with Crippen molar-refractivity contribution in [3.63, 3.8) is 0 Å². The molecule has 3 aliphatic rings. The van der Waals surface area contributed by atoms with Crippen LogP contribution in [0, 0.1) is 17.7 Å². The van der Waals surface area contributed by atoms with E-state index < -0.39 is 17.9 Å². The first kappa shape index (κ1) is 24.2. The Bertz CT molecular complexity index is 1150. The van der Waals surface area contributed by atoms with Gasteiger partial charge in [-0.15, -0.1) is 0 Å². The first-order valence-corrected chi connectivity index (χ1v) is 12.6. The number of amides is 2. The lowest BCUT2D eigenvalue weighted by Crippen LogP contribution is -2.53. The Kier molecular flexibility index (Phi) is 6.34. The van der Waals surface area contributed by atoms with Gasteiger partial charge in [0.05, 0.1) is 19.3 Å². The average molecular weight is 500 g/mol. The minimum atomic E-state index is -0.592. The smallest absolute Gasteiger partial charge is 0.254 e. The number of benzene rings is 1. The van der Waals surface area contributed by atoms with E-state index in [0.717, 1.165) is 18.5 Å². The average Bonchev–Trinajstić information content (AvgIpc) is 3.01. The number of carbonyl (C=O) groups is 2. The third-order valence-electron chi connectivity index (χ3n) is 7.64. The maximum atomic E-state index is 14.8. The van der Waals surface area contributed by atoms with Gasteiger partial charge in [0, 0.05) is 45.4 Å². The third kappa shape index (κ3) is 4.56. The number of hydrogen-bond donors (Lipinski definition) is 1. The lowest BCUT2D eigenvalue weighted by atomic mass is 9.80. The number of halogens is 2. The van der Waals surface area contributed by atoms with Crippen molar-refractivity contribution in [2.45, 2.75) is 63.6 Å². The number of fused-ring (bicyclic) bond motifs is 1. The van der Waals surface area contributed by atoms with Gasteiger partial charge in [-0.25, -0.2) is 4.39 Å². The van der Waals surface area contributed by atoms with E-state index in [2.05, 4.69) is 31.1 Å². The number of likely N-dealkylation sites (tertiary alicyclic amines) is 1. The van der Waals surface area contributed by atoms with Gasteiger partial charge in [0.1, 0.15) is 11.9 Å². The van der Waals surface area contributed by atoms with Crippen molar-refractivity contribution < 1.29 is 18.7 Å². The van der Waals surface area contributed by atoms with Gasteiger partial charge in [-0.2, -0.15) is 0 Å². The topological polar surface area (TPSA) is 71.5 Å². The van der Waals surface area contributed by atoms with Gasteiger partial charge >= 0.3 is 0 Å². The van der Waals surface area contributed by atoms with E-state index in [0.29, 0.717) is 41.7 Å². The molecule has 1 N–H and O–H groups in total. The molecule has 2 aliphatic heterocycles. The van der Waals surface area contributed by atoms with E-state index in [-0.39, 0.29) is 29.2 Å². The summed E-state index contributed by atoms with van der Waals surface area (Å²) in [7, 11) is 0. The van der Waals surface area contributed by atoms with E-state index in [4.69, 9.17) is 16.3 Å². The molecule has 186 valence electrons. The van der Waals surface area contributed by atoms with Crippen molar-refractivity contribution in [3.05, 3.63) is 64.2 Å². The van der Waals surface area contributed by atoms with Crippen LogP contribution in [0.2, 0.25) is 5.02 Å². The van der Waals surface area contributed by atoms with Crippen molar-refractivity contribution in [1.82, 2.24) is 15.2 Å². The highest BCUT2D eigenvalue weighted by atomic mass is 35.5. The molecule has 2 saturated heterocycles. The second-order valence-corrected chi connectivity index (χ2v) is 11.4. The molecule has 0 radical (unpaired) electrons. The summed E-state index contributed by atoms with van der Waals surface area (Å²) in [6, 6.07) is 6.98. The lowest BCUT2D eigenvalue weighted by molar-refractivity contribution is -0.128. The van der Waals surface area contributed by atoms with E-state index >= 15 is 0 Å². The van der Waals surface area contributed by atoms with E-state index in [1.807, 2.05) is 6.07 Å². The molecule has 3 heterocycles. The molecule has 2 aromatic rings. The molecule has 1 aromatic heterocycles. The Morgan fingerprint density at radius 1 is 1.20 bits per heavy atom. The summed E-state index contributed by atoms with van der Waals surface area (Å²) in [4.78, 5) is 33.5. The summed E-state index contributed by atoms with van der Waals surface area (Å²) in [6.45, 7) is 7.05. The van der Waals surface area contributed by atoms with E-state index in [1.165, 1.54) is 6.07 Å². The van der Waals surface area contributed by atoms with Crippen LogP contribution < -0.4 is 5.32 Å². The second-order valence-electron chi connectivity index (χ2n) is 11.0. The molecule has 6 nitrogen and oxygen atoms in total. The van der Waals surface area contributed by atoms with Crippen LogP contribution in [0.3, 0.4) is 0 Å². The van der Waals surface area contributed by atoms with Gasteiger partial charge < -0.3 is 15.0 Å². The molecule has 5 rings (SSSR count). The maximum Gasteiger partial charge on any atom is 0.254 e. The van der Waals surface area contributed by atoms with Gasteiger partial charge in [0.25, 0.3) is 5.91 Å². The zero-order valence-electron chi connectivity index (χ0n) is 20.3. The molecular weight excluding hydrogens is 469 g/mol. The minimum Gasteiger partial charge on any atom is -0.381 e. The fourth-order valence-corrected chi connectivity index (χ4v) is 5.53. The number of pyridine rings is 1. The van der Waals surface area contributed by atoms with E-state index in [1.54, 1.807) is 29.3 Å². The first-order valence-electron chi connectivity index (χ1n) is 12.3. The van der Waals surface area contributed by atoms with Crippen LogP contribution in [-0.4, -0.2) is 47.0 Å². The molecule has 0 spiro atoms. The summed E-state index contributed by atoms with van der Waals surface area (Å²) in [5.74, 6) is -0.570. The molecule has 2 amide bonds. The zero-order valence-corrected chi connectivity index (χ0v) is 21.0. The zero-order chi connectivity index (χ0) is 24.9. The van der Waals surface area contributed by atoms with Crippen LogP contribution in [0.25, 0.3) is 0 Å². The largest absolute Gasteiger partial charge is 0.381 e. The Hall–Kier alpha value is -2.51. The van der Waals surface area contributed by atoms with Crippen molar-refractivity contribution in [3.8, 4) is 0 Å². The molecule has 1 saturated carbocycles. The third-order valence-corrected chi connectivity index (χ3v) is 7.87. The maximum absolute atomic E-state index is 14.8. The van der Waals surface area contributed by atoms with Crippen LogP contribution in [-0.2, 0) is 14.9 Å². The highest BCUT2D eigenvalue weighted by Gasteiger charge is 2.51. The fraction of sp³-hybridized carbons (Fsp3) is 0.519. The number of hydrogen-bond acceptors (Lipinski definition) is 4. The number of rotatable bonds is 5. The minimum absolute atomic E-state index is 0.0357. The fourth-order valence-electron chi connectivity index (χ4n) is 5.37. The lowest BCUT2D eigenvalue weighted by Gasteiger charge is -2.38. The molecule has 3 fully saturated rings. The SMILES string of the molecule is CC(C)(C)c1cc(C(=O)N2[C@@H](C(=O)N[C@@H](c3ccc(Cl)cc3F)C3COC3)C[C@H]3CC[C@H]32)ccn1. The Balaban J connectivity index is 1.41. The predicted molar refractivity (Wildman–Crippen MR) is 131 cm³/mol. The number of carbonyl (C=O) groups excluding carboxylic acids is 2. The van der Waals surface area contributed by atoms with Crippen LogP contribution in [0.1, 0.15) is 67.7 Å². The van der Waals surface area contributed by atoms with Gasteiger partial charge in [-0.3, -0.25) is 14.6 Å². The van der Waals surface area contributed by atoms with Crippen molar-refractivity contribution in [2.24, 2.45) is 11.8 Å². The number of aromatic nitrogens is 1. The molecule has 0 unspecified atom stereocenters. The first-order chi connectivity index (χ1) is 16.6. The standard InChI is InChI=1S/C27H31ClFN3O3/c1-27(2,3)23-11-16(8-9-30-23)26(34)32-21-7-4-15(21)10-22(32)25(33)31-24(17-13-35-14-17)19-6-5-18(28)12-20(19)29/h5-6,8-9,11-12,15,17,21-22,24H,4,7,10,13-14H2,1-3H3,(H,31,33)/t15-,21-,22-,24-/m1/s1. The Morgan fingerprint density at radius 2 is 1.97 bits per heavy atom. The highest BCUT2D eigenvalue weighted by Crippen LogP contribution is 2.45. The van der Waals surface area contributed by atoms with Crippen LogP contribution in [0.15, 0.2) is 36.5 Å².